The van der Waals surface area contributed by atoms with Gasteiger partial charge in [0.25, 0.3) is 0 Å². The van der Waals surface area contributed by atoms with Crippen LogP contribution in [-0.2, 0) is 19.9 Å². The molecule has 2 aromatic carbocycles. The number of alkyl halides is 3. The summed E-state index contributed by atoms with van der Waals surface area (Å²) in [5, 5.41) is 21.3. The Kier molecular flexibility index (Phi) is 5.52. The van der Waals surface area contributed by atoms with Crippen molar-refractivity contribution in [3.8, 4) is 0 Å². The lowest BCUT2D eigenvalue weighted by Crippen LogP contribution is -2.41. The highest BCUT2D eigenvalue weighted by molar-refractivity contribution is 7.87. The molecule has 2 N–H and O–H groups in total. The van der Waals surface area contributed by atoms with Gasteiger partial charge in [-0.25, -0.2) is 0 Å². The predicted molar refractivity (Wildman–Crippen MR) is 82.7 cm³/mol. The fraction of sp³-hybridized carbons (Fsp3) is 0.250. The van der Waals surface area contributed by atoms with Crippen molar-refractivity contribution in [1.29, 1.82) is 0 Å². The first-order valence-electron chi connectivity index (χ1n) is 7.04. The maximum Gasteiger partial charge on any atom is 0.523 e. The van der Waals surface area contributed by atoms with Gasteiger partial charge in [-0.3, -0.25) is 4.18 Å². The van der Waals surface area contributed by atoms with Crippen LogP contribution in [0, 0.1) is 0 Å². The first-order chi connectivity index (χ1) is 11.6. The molecule has 0 aromatic heterocycles. The minimum atomic E-state index is -5.93. The summed E-state index contributed by atoms with van der Waals surface area (Å²) >= 11 is 0. The fourth-order valence-electron chi connectivity index (χ4n) is 2.19. The Morgan fingerprint density at radius 1 is 0.960 bits per heavy atom. The van der Waals surface area contributed by atoms with E-state index in [0.29, 0.717) is 0 Å². The van der Waals surface area contributed by atoms with Crippen molar-refractivity contribution in [2.75, 3.05) is 6.61 Å². The van der Waals surface area contributed by atoms with Gasteiger partial charge in [0.2, 0.25) is 0 Å². The second kappa shape index (κ2) is 7.12. The minimum absolute atomic E-state index is 0.00345. The van der Waals surface area contributed by atoms with Gasteiger partial charge in [0.05, 0.1) is 0 Å². The third-order valence-electron chi connectivity index (χ3n) is 3.56. The van der Waals surface area contributed by atoms with E-state index in [1.165, 1.54) is 36.4 Å². The van der Waals surface area contributed by atoms with Crippen LogP contribution in [0.15, 0.2) is 60.7 Å². The zero-order chi connectivity index (χ0) is 18.7. The van der Waals surface area contributed by atoms with Crippen LogP contribution < -0.4 is 0 Å². The molecule has 2 aromatic rings. The number of halogens is 3. The molecule has 0 bridgehead atoms. The van der Waals surface area contributed by atoms with Gasteiger partial charge < -0.3 is 10.2 Å². The molecule has 2 unspecified atom stereocenters. The molecule has 0 aliphatic rings. The molecule has 0 radical (unpaired) electrons. The van der Waals surface area contributed by atoms with E-state index in [4.69, 9.17) is 0 Å². The Morgan fingerprint density at radius 2 is 1.44 bits per heavy atom. The molecule has 2 rings (SSSR count). The van der Waals surface area contributed by atoms with Gasteiger partial charge in [-0.05, 0) is 11.1 Å². The van der Waals surface area contributed by atoms with Crippen molar-refractivity contribution >= 4 is 10.1 Å². The summed E-state index contributed by atoms with van der Waals surface area (Å²) in [4.78, 5) is 0. The van der Waals surface area contributed by atoms with E-state index >= 15 is 0 Å². The standard InChI is InChI=1S/C16H15F3O5S/c17-16(18,19)25(22,23)24-11-15(21,13-9-5-2-6-10-13)14(20)12-7-3-1-4-8-12/h1-10,14,20-21H,11H2. The van der Waals surface area contributed by atoms with Crippen LogP contribution >= 0.6 is 0 Å². The summed E-state index contributed by atoms with van der Waals surface area (Å²) in [6, 6.07) is 14.9. The van der Waals surface area contributed by atoms with E-state index < -0.39 is 33.9 Å². The number of rotatable bonds is 6. The maximum absolute atomic E-state index is 12.5. The molecule has 9 heteroatoms. The van der Waals surface area contributed by atoms with Crippen molar-refractivity contribution in [2.45, 2.75) is 17.2 Å². The molecule has 0 amide bonds. The molecule has 136 valence electrons. The molecule has 5 nitrogen and oxygen atoms in total. The zero-order valence-corrected chi connectivity index (χ0v) is 13.5. The van der Waals surface area contributed by atoms with E-state index in [1.54, 1.807) is 24.3 Å². The van der Waals surface area contributed by atoms with E-state index in [1.807, 2.05) is 0 Å². The van der Waals surface area contributed by atoms with E-state index in [-0.39, 0.29) is 11.1 Å². The molecular formula is C16H15F3O5S. The lowest BCUT2D eigenvalue weighted by atomic mass is 9.85. The maximum atomic E-state index is 12.5. The molecule has 0 aliphatic carbocycles. The number of benzene rings is 2. The molecule has 0 saturated heterocycles. The Balaban J connectivity index is 2.41. The average Bonchev–Trinajstić information content (AvgIpc) is 2.59. The smallest absolute Gasteiger partial charge is 0.385 e. The van der Waals surface area contributed by atoms with Gasteiger partial charge in [0, 0.05) is 0 Å². The molecular weight excluding hydrogens is 361 g/mol. The largest absolute Gasteiger partial charge is 0.523 e. The van der Waals surface area contributed by atoms with Crippen molar-refractivity contribution in [3.63, 3.8) is 0 Å². The van der Waals surface area contributed by atoms with Crippen molar-refractivity contribution in [1.82, 2.24) is 0 Å². The Hall–Kier alpha value is -1.94. The van der Waals surface area contributed by atoms with Crippen LogP contribution in [0.4, 0.5) is 13.2 Å². The van der Waals surface area contributed by atoms with Crippen LogP contribution in [0.2, 0.25) is 0 Å². The van der Waals surface area contributed by atoms with Gasteiger partial charge in [-0.1, -0.05) is 60.7 Å². The summed E-state index contributed by atoms with van der Waals surface area (Å²) in [7, 11) is -5.93. The highest BCUT2D eigenvalue weighted by atomic mass is 32.2. The third kappa shape index (κ3) is 4.18. The van der Waals surface area contributed by atoms with Crippen molar-refractivity contribution in [3.05, 3.63) is 71.8 Å². The van der Waals surface area contributed by atoms with Gasteiger partial charge in [-0.2, -0.15) is 21.6 Å². The van der Waals surface area contributed by atoms with Gasteiger partial charge in [0.1, 0.15) is 18.3 Å². The predicted octanol–water partition coefficient (Wildman–Crippen LogP) is 2.47. The van der Waals surface area contributed by atoms with E-state index in [9.17, 15) is 31.8 Å². The Morgan fingerprint density at radius 3 is 1.92 bits per heavy atom. The van der Waals surface area contributed by atoms with Gasteiger partial charge in [0.15, 0.2) is 0 Å². The summed E-state index contributed by atoms with van der Waals surface area (Å²) in [5.41, 5.74) is -7.87. The van der Waals surface area contributed by atoms with E-state index in [0.717, 1.165) is 0 Å². The minimum Gasteiger partial charge on any atom is -0.385 e. The number of aliphatic hydroxyl groups is 2. The highest BCUT2D eigenvalue weighted by Gasteiger charge is 2.50. The van der Waals surface area contributed by atoms with Crippen molar-refractivity contribution < 1.29 is 36.0 Å². The molecule has 0 heterocycles. The van der Waals surface area contributed by atoms with E-state index in [2.05, 4.69) is 4.18 Å². The molecule has 0 spiro atoms. The molecule has 25 heavy (non-hydrogen) atoms. The Labute approximate surface area is 142 Å². The molecule has 2 atom stereocenters. The van der Waals surface area contributed by atoms with Crippen LogP contribution in [0.5, 0.6) is 0 Å². The fourth-order valence-corrected chi connectivity index (χ4v) is 2.66. The van der Waals surface area contributed by atoms with Gasteiger partial charge >= 0.3 is 15.6 Å². The van der Waals surface area contributed by atoms with Crippen LogP contribution in [0.25, 0.3) is 0 Å². The highest BCUT2D eigenvalue weighted by Crippen LogP contribution is 2.37. The molecule has 0 saturated carbocycles. The zero-order valence-electron chi connectivity index (χ0n) is 12.7. The SMILES string of the molecule is O=S(=O)(OCC(O)(c1ccccc1)C(O)c1ccccc1)C(F)(F)F. The molecule has 0 fully saturated rings. The van der Waals surface area contributed by atoms with Crippen LogP contribution in [-0.4, -0.2) is 30.7 Å². The first kappa shape index (κ1) is 19.4. The topological polar surface area (TPSA) is 83.8 Å². The number of hydrogen-bond donors (Lipinski definition) is 2. The van der Waals surface area contributed by atoms with Crippen LogP contribution in [0.1, 0.15) is 17.2 Å². The van der Waals surface area contributed by atoms with Gasteiger partial charge in [-0.15, -0.1) is 0 Å². The molecule has 0 aliphatic heterocycles. The quantitative estimate of drug-likeness (QED) is 0.598. The second-order valence-electron chi connectivity index (χ2n) is 5.27. The monoisotopic (exact) mass is 376 g/mol. The summed E-state index contributed by atoms with van der Waals surface area (Å²) in [5.74, 6) is 0. The first-order valence-corrected chi connectivity index (χ1v) is 8.45. The van der Waals surface area contributed by atoms with Crippen molar-refractivity contribution in [2.24, 2.45) is 0 Å². The number of hydrogen-bond acceptors (Lipinski definition) is 5. The normalized spacial score (nSPS) is 16.2. The second-order valence-corrected chi connectivity index (χ2v) is 6.87. The Bertz CT molecular complexity index is 794. The lowest BCUT2D eigenvalue weighted by molar-refractivity contribution is -0.114. The third-order valence-corrected chi connectivity index (χ3v) is 4.55. The summed E-state index contributed by atoms with van der Waals surface area (Å²) < 4.78 is 63.7. The summed E-state index contributed by atoms with van der Waals surface area (Å²) in [6.07, 6.45) is -1.72. The average molecular weight is 376 g/mol. The number of aliphatic hydroxyl groups excluding tert-OH is 1. The van der Waals surface area contributed by atoms with Crippen LogP contribution in [0.3, 0.4) is 0 Å². The lowest BCUT2D eigenvalue weighted by Gasteiger charge is -2.33. The summed E-state index contributed by atoms with van der Waals surface area (Å²) in [6.45, 7) is -1.31.